The minimum Gasteiger partial charge on any atom is -0.504 e. The minimum absolute atomic E-state index is 0.207. The maximum absolute atomic E-state index is 10.1. The second-order valence-corrected chi connectivity index (χ2v) is 6.95. The maximum Gasteiger partial charge on any atom is 0.162 e. The first-order valence-electron chi connectivity index (χ1n) is 7.48. The van der Waals surface area contributed by atoms with Crippen LogP contribution in [0.3, 0.4) is 0 Å². The van der Waals surface area contributed by atoms with Crippen LogP contribution in [-0.2, 0) is 6.54 Å². The number of ether oxygens (including phenoxy) is 1. The van der Waals surface area contributed by atoms with Gasteiger partial charge in [-0.15, -0.1) is 0 Å². The Morgan fingerprint density at radius 2 is 2.00 bits per heavy atom. The monoisotopic (exact) mass is 293 g/mol. The third-order valence-electron chi connectivity index (χ3n) is 5.60. The highest BCUT2D eigenvalue weighted by molar-refractivity contribution is 6.30. The number of aromatic hydroxyl groups is 1. The Bertz CT molecular complexity index is 532. The molecule has 0 aliphatic heterocycles. The molecule has 4 atom stereocenters. The predicted octanol–water partition coefficient (Wildman–Crippen LogP) is 3.19. The second kappa shape index (κ2) is 4.54. The van der Waals surface area contributed by atoms with Crippen molar-refractivity contribution in [2.45, 2.75) is 31.8 Å². The van der Waals surface area contributed by atoms with Crippen LogP contribution in [0, 0.1) is 23.7 Å². The van der Waals surface area contributed by atoms with Gasteiger partial charge in [-0.2, -0.15) is 0 Å². The Morgan fingerprint density at radius 3 is 2.65 bits per heavy atom. The molecule has 2 bridgehead atoms. The van der Waals surface area contributed by atoms with Gasteiger partial charge in [-0.3, -0.25) is 0 Å². The van der Waals surface area contributed by atoms with E-state index in [1.165, 1.54) is 19.3 Å². The largest absolute Gasteiger partial charge is 0.504 e. The molecule has 2 N–H and O–H groups in total. The zero-order valence-corrected chi connectivity index (χ0v) is 12.4. The highest BCUT2D eigenvalue weighted by Gasteiger charge is 2.64. The number of benzene rings is 1. The quantitative estimate of drug-likeness (QED) is 0.896. The van der Waals surface area contributed by atoms with Crippen LogP contribution in [0.2, 0.25) is 5.02 Å². The average molecular weight is 294 g/mol. The summed E-state index contributed by atoms with van der Waals surface area (Å²) in [5.74, 6) is 4.38. The highest BCUT2D eigenvalue weighted by Crippen LogP contribution is 2.65. The van der Waals surface area contributed by atoms with E-state index in [1.54, 1.807) is 13.2 Å². The van der Waals surface area contributed by atoms with Gasteiger partial charge < -0.3 is 15.2 Å². The van der Waals surface area contributed by atoms with Gasteiger partial charge in [0.25, 0.3) is 0 Å². The van der Waals surface area contributed by atoms with Gasteiger partial charge >= 0.3 is 0 Å². The van der Waals surface area contributed by atoms with Crippen LogP contribution < -0.4 is 10.1 Å². The lowest BCUT2D eigenvalue weighted by Gasteiger charge is -2.13. The van der Waals surface area contributed by atoms with Crippen molar-refractivity contribution in [3.63, 3.8) is 0 Å². The molecule has 3 aliphatic rings. The normalized spacial score (nSPS) is 37.0. The molecule has 3 aliphatic carbocycles. The fourth-order valence-electron chi connectivity index (χ4n) is 4.74. The van der Waals surface area contributed by atoms with Crippen molar-refractivity contribution in [2.75, 3.05) is 7.11 Å². The highest BCUT2D eigenvalue weighted by atomic mass is 35.5. The molecule has 0 heterocycles. The minimum atomic E-state index is 0.207. The Kier molecular flexibility index (Phi) is 2.90. The Morgan fingerprint density at radius 1 is 1.30 bits per heavy atom. The number of methoxy groups -OCH3 is 1. The molecule has 1 aromatic rings. The van der Waals surface area contributed by atoms with Crippen LogP contribution in [0.25, 0.3) is 0 Å². The number of hydrogen-bond acceptors (Lipinski definition) is 3. The van der Waals surface area contributed by atoms with E-state index >= 15 is 0 Å². The van der Waals surface area contributed by atoms with Gasteiger partial charge in [0.05, 0.1) is 7.11 Å². The van der Waals surface area contributed by atoms with Gasteiger partial charge in [0, 0.05) is 29.2 Å². The topological polar surface area (TPSA) is 41.5 Å². The summed E-state index contributed by atoms with van der Waals surface area (Å²) in [5, 5.41) is 14.4. The number of phenols is 1. The molecule has 4 heteroatoms. The number of phenolic OH excluding ortho intramolecular Hbond substituents is 1. The van der Waals surface area contributed by atoms with E-state index in [4.69, 9.17) is 16.3 Å². The molecule has 4 unspecified atom stereocenters. The first-order valence-corrected chi connectivity index (χ1v) is 7.85. The third kappa shape index (κ3) is 1.83. The smallest absolute Gasteiger partial charge is 0.162 e. The molecule has 0 spiro atoms. The Hall–Kier alpha value is -0.930. The van der Waals surface area contributed by atoms with Crippen molar-refractivity contribution < 1.29 is 9.84 Å². The molecular formula is C16H20ClNO2. The van der Waals surface area contributed by atoms with E-state index in [0.29, 0.717) is 23.4 Å². The molecular weight excluding hydrogens is 274 g/mol. The van der Waals surface area contributed by atoms with Crippen molar-refractivity contribution in [3.8, 4) is 11.5 Å². The summed E-state index contributed by atoms with van der Waals surface area (Å²) in [6, 6.07) is 4.12. The molecule has 0 saturated heterocycles. The van der Waals surface area contributed by atoms with Crippen LogP contribution in [0.5, 0.6) is 11.5 Å². The zero-order chi connectivity index (χ0) is 13.9. The third-order valence-corrected chi connectivity index (χ3v) is 5.82. The molecule has 20 heavy (non-hydrogen) atoms. The number of halogens is 1. The summed E-state index contributed by atoms with van der Waals surface area (Å²) in [6.45, 7) is 0.667. The van der Waals surface area contributed by atoms with Crippen LogP contribution in [0.15, 0.2) is 12.1 Å². The Balaban J connectivity index is 1.45. The number of fused-ring (bicyclic) bond motifs is 5. The van der Waals surface area contributed by atoms with Crippen LogP contribution >= 0.6 is 11.6 Å². The first-order chi connectivity index (χ1) is 9.69. The standard InChI is InChI=1S/C16H20ClNO2/c1-20-12-6-11(17)5-10(16(12)19)7-18-15-13-8-2-3-9(4-8)14(13)15/h5-6,8-9,13-15,18-19H,2-4,7H2,1H3. The van der Waals surface area contributed by atoms with Crippen LogP contribution in [-0.4, -0.2) is 18.3 Å². The van der Waals surface area contributed by atoms with Gasteiger partial charge in [-0.05, 0) is 49.0 Å². The summed E-state index contributed by atoms with van der Waals surface area (Å²) in [6.07, 6.45) is 4.32. The second-order valence-electron chi connectivity index (χ2n) is 6.51. The number of nitrogens with one attached hydrogen (secondary N) is 1. The molecule has 108 valence electrons. The fourth-order valence-corrected chi connectivity index (χ4v) is 4.98. The molecule has 3 saturated carbocycles. The van der Waals surface area contributed by atoms with E-state index in [2.05, 4.69) is 5.32 Å². The zero-order valence-electron chi connectivity index (χ0n) is 11.6. The summed E-state index contributed by atoms with van der Waals surface area (Å²) in [7, 11) is 1.55. The molecule has 3 fully saturated rings. The van der Waals surface area contributed by atoms with Crippen molar-refractivity contribution in [3.05, 3.63) is 22.7 Å². The van der Waals surface area contributed by atoms with Crippen molar-refractivity contribution in [2.24, 2.45) is 23.7 Å². The van der Waals surface area contributed by atoms with Gasteiger partial charge in [-0.25, -0.2) is 0 Å². The molecule has 4 rings (SSSR count). The first kappa shape index (κ1) is 12.8. The van der Waals surface area contributed by atoms with Gasteiger partial charge in [0.15, 0.2) is 11.5 Å². The molecule has 0 radical (unpaired) electrons. The van der Waals surface area contributed by atoms with E-state index in [0.717, 1.165) is 29.2 Å². The summed E-state index contributed by atoms with van der Waals surface area (Å²) in [5.41, 5.74) is 0.826. The Labute approximate surface area is 124 Å². The van der Waals surface area contributed by atoms with Crippen LogP contribution in [0.1, 0.15) is 24.8 Å². The molecule has 1 aromatic carbocycles. The lowest BCUT2D eigenvalue weighted by Crippen LogP contribution is -2.22. The summed E-state index contributed by atoms with van der Waals surface area (Å²) >= 11 is 6.06. The molecule has 0 aromatic heterocycles. The predicted molar refractivity (Wildman–Crippen MR) is 78.1 cm³/mol. The van der Waals surface area contributed by atoms with E-state index in [9.17, 15) is 5.11 Å². The van der Waals surface area contributed by atoms with Crippen molar-refractivity contribution >= 4 is 11.6 Å². The van der Waals surface area contributed by atoms with Crippen molar-refractivity contribution in [1.29, 1.82) is 0 Å². The lowest BCUT2D eigenvalue weighted by atomic mass is 10.0. The van der Waals surface area contributed by atoms with Gasteiger partial charge in [0.2, 0.25) is 0 Å². The number of rotatable bonds is 4. The number of hydrogen-bond donors (Lipinski definition) is 2. The van der Waals surface area contributed by atoms with E-state index in [1.807, 2.05) is 6.07 Å². The van der Waals surface area contributed by atoms with E-state index < -0.39 is 0 Å². The lowest BCUT2D eigenvalue weighted by molar-refractivity contribution is 0.368. The van der Waals surface area contributed by atoms with Gasteiger partial charge in [0.1, 0.15) is 0 Å². The average Bonchev–Trinajstić information content (AvgIpc) is 2.82. The summed E-state index contributed by atoms with van der Waals surface area (Å²) in [4.78, 5) is 0. The van der Waals surface area contributed by atoms with E-state index in [-0.39, 0.29) is 5.75 Å². The SMILES string of the molecule is COc1cc(Cl)cc(CNC2C3C4CCC(C4)C23)c1O. The van der Waals surface area contributed by atoms with Crippen molar-refractivity contribution in [1.82, 2.24) is 5.32 Å². The maximum atomic E-state index is 10.1. The fraction of sp³-hybridized carbons (Fsp3) is 0.625. The molecule has 3 nitrogen and oxygen atoms in total. The summed E-state index contributed by atoms with van der Waals surface area (Å²) < 4.78 is 5.15. The van der Waals surface area contributed by atoms with Crippen LogP contribution in [0.4, 0.5) is 0 Å². The molecule has 0 amide bonds. The van der Waals surface area contributed by atoms with Gasteiger partial charge in [-0.1, -0.05) is 11.6 Å².